The van der Waals surface area contributed by atoms with Gasteiger partial charge in [0.25, 0.3) is 0 Å². The van der Waals surface area contributed by atoms with Gasteiger partial charge in [0, 0.05) is 10.0 Å². The molecule has 1 aliphatic carbocycles. The summed E-state index contributed by atoms with van der Waals surface area (Å²) in [5, 5.41) is 0. The summed E-state index contributed by atoms with van der Waals surface area (Å²) in [4.78, 5) is 0.163. The molecule has 1 unspecified atom stereocenters. The maximum atomic E-state index is 5.50. The number of ether oxygens (including phenoxy) is 1. The molecular weight excluding hydrogens is 380 g/mol. The van der Waals surface area contributed by atoms with E-state index in [2.05, 4.69) is 62.2 Å². The Labute approximate surface area is 136 Å². The molecule has 0 aromatic heterocycles. The Hall–Kier alpha value is -0.800. The van der Waals surface area contributed by atoms with Gasteiger partial charge in [0.1, 0.15) is 5.75 Å². The zero-order valence-corrected chi connectivity index (χ0v) is 14.5. The van der Waals surface area contributed by atoms with Gasteiger partial charge in [-0.05, 0) is 48.1 Å². The standard InChI is InChI=1S/C17H16Br2O/c1-20-16-10-14(18)7-8-15(16)17(19)13-6-5-11-3-2-4-12(11)9-13/h5-10,17H,2-4H2,1H3. The molecule has 0 aliphatic heterocycles. The summed E-state index contributed by atoms with van der Waals surface area (Å²) in [5.41, 5.74) is 5.47. The summed E-state index contributed by atoms with van der Waals surface area (Å²) in [7, 11) is 1.72. The highest BCUT2D eigenvalue weighted by Gasteiger charge is 2.18. The maximum Gasteiger partial charge on any atom is 0.124 e. The molecule has 0 saturated heterocycles. The highest BCUT2D eigenvalue weighted by atomic mass is 79.9. The van der Waals surface area contributed by atoms with Crippen molar-refractivity contribution in [3.05, 3.63) is 63.1 Å². The van der Waals surface area contributed by atoms with Crippen molar-refractivity contribution < 1.29 is 4.74 Å². The predicted molar refractivity (Wildman–Crippen MR) is 89.9 cm³/mol. The lowest BCUT2D eigenvalue weighted by atomic mass is 10.00. The smallest absolute Gasteiger partial charge is 0.124 e. The van der Waals surface area contributed by atoms with Crippen LogP contribution in [0.3, 0.4) is 0 Å². The molecule has 0 saturated carbocycles. The average molecular weight is 396 g/mol. The van der Waals surface area contributed by atoms with E-state index in [1.807, 2.05) is 6.07 Å². The molecule has 1 aliphatic rings. The third-order valence-electron chi connectivity index (χ3n) is 3.88. The fraction of sp³-hybridized carbons (Fsp3) is 0.294. The van der Waals surface area contributed by atoms with Crippen LogP contribution in [-0.4, -0.2) is 7.11 Å². The number of methoxy groups -OCH3 is 1. The molecule has 2 aromatic carbocycles. The van der Waals surface area contributed by atoms with Crippen molar-refractivity contribution in [1.82, 2.24) is 0 Å². The topological polar surface area (TPSA) is 9.23 Å². The second kappa shape index (κ2) is 5.90. The molecule has 0 bridgehead atoms. The molecule has 1 nitrogen and oxygen atoms in total. The highest BCUT2D eigenvalue weighted by molar-refractivity contribution is 9.10. The third kappa shape index (κ3) is 2.66. The van der Waals surface area contributed by atoms with E-state index in [4.69, 9.17) is 4.74 Å². The first kappa shape index (κ1) is 14.2. The molecule has 0 N–H and O–H groups in total. The third-order valence-corrected chi connectivity index (χ3v) is 5.40. The number of benzene rings is 2. The first-order chi connectivity index (χ1) is 9.69. The Kier molecular flexibility index (Phi) is 4.18. The quantitative estimate of drug-likeness (QED) is 0.629. The first-order valence-electron chi connectivity index (χ1n) is 6.78. The van der Waals surface area contributed by atoms with E-state index in [1.54, 1.807) is 7.11 Å². The van der Waals surface area contributed by atoms with Crippen LogP contribution in [-0.2, 0) is 12.8 Å². The van der Waals surface area contributed by atoms with E-state index < -0.39 is 0 Å². The van der Waals surface area contributed by atoms with E-state index >= 15 is 0 Å². The maximum absolute atomic E-state index is 5.50. The first-order valence-corrected chi connectivity index (χ1v) is 8.49. The minimum atomic E-state index is 0.163. The van der Waals surface area contributed by atoms with Gasteiger partial charge in [-0.2, -0.15) is 0 Å². The van der Waals surface area contributed by atoms with Gasteiger partial charge in [-0.3, -0.25) is 0 Å². The Morgan fingerprint density at radius 1 is 1.05 bits per heavy atom. The van der Waals surface area contributed by atoms with Gasteiger partial charge in [0.15, 0.2) is 0 Å². The van der Waals surface area contributed by atoms with Crippen molar-refractivity contribution in [3.8, 4) is 5.75 Å². The van der Waals surface area contributed by atoms with Crippen molar-refractivity contribution in [3.63, 3.8) is 0 Å². The second-order valence-electron chi connectivity index (χ2n) is 5.13. The molecule has 3 rings (SSSR count). The summed E-state index contributed by atoms with van der Waals surface area (Å²) in [6.45, 7) is 0. The van der Waals surface area contributed by atoms with Crippen LogP contribution in [0.15, 0.2) is 40.9 Å². The molecule has 0 amide bonds. The minimum Gasteiger partial charge on any atom is -0.496 e. The van der Waals surface area contributed by atoms with E-state index in [9.17, 15) is 0 Å². The number of hydrogen-bond acceptors (Lipinski definition) is 1. The fourth-order valence-electron chi connectivity index (χ4n) is 2.82. The van der Waals surface area contributed by atoms with Gasteiger partial charge < -0.3 is 4.74 Å². The number of halogens is 2. The van der Waals surface area contributed by atoms with Gasteiger partial charge in [0.2, 0.25) is 0 Å². The Bertz CT molecular complexity index is 637. The number of alkyl halides is 1. The number of hydrogen-bond donors (Lipinski definition) is 0. The van der Waals surface area contributed by atoms with Crippen molar-refractivity contribution in [1.29, 1.82) is 0 Å². The van der Waals surface area contributed by atoms with E-state index in [0.717, 1.165) is 15.8 Å². The van der Waals surface area contributed by atoms with Crippen molar-refractivity contribution in [2.24, 2.45) is 0 Å². The summed E-state index contributed by atoms with van der Waals surface area (Å²) in [6, 6.07) is 13.0. The highest BCUT2D eigenvalue weighted by Crippen LogP contribution is 2.39. The molecule has 0 heterocycles. The Morgan fingerprint density at radius 3 is 2.65 bits per heavy atom. The second-order valence-corrected chi connectivity index (χ2v) is 6.96. The lowest BCUT2D eigenvalue weighted by Crippen LogP contribution is -1.98. The Balaban J connectivity index is 1.98. The van der Waals surface area contributed by atoms with Gasteiger partial charge in [0.05, 0.1) is 11.9 Å². The number of rotatable bonds is 3. The summed E-state index contributed by atoms with van der Waals surface area (Å²) in [6.07, 6.45) is 3.72. The average Bonchev–Trinajstić information content (AvgIpc) is 2.93. The van der Waals surface area contributed by atoms with Crippen molar-refractivity contribution in [2.75, 3.05) is 7.11 Å². The largest absolute Gasteiger partial charge is 0.496 e. The van der Waals surface area contributed by atoms with Crippen LogP contribution in [0.5, 0.6) is 5.75 Å². The minimum absolute atomic E-state index is 0.163. The molecule has 3 heteroatoms. The molecule has 104 valence electrons. The van der Waals surface area contributed by atoms with Gasteiger partial charge in [-0.1, -0.05) is 56.1 Å². The molecule has 0 spiro atoms. The monoisotopic (exact) mass is 394 g/mol. The SMILES string of the molecule is COc1cc(Br)ccc1C(Br)c1ccc2c(c1)CCC2. The molecule has 0 radical (unpaired) electrons. The number of aryl methyl sites for hydroxylation is 2. The molecule has 2 aromatic rings. The van der Waals surface area contributed by atoms with Gasteiger partial charge in [-0.15, -0.1) is 0 Å². The summed E-state index contributed by atoms with van der Waals surface area (Å²) < 4.78 is 6.54. The summed E-state index contributed by atoms with van der Waals surface area (Å²) in [5.74, 6) is 0.904. The van der Waals surface area contributed by atoms with Crippen LogP contribution in [0.25, 0.3) is 0 Å². The van der Waals surface area contributed by atoms with E-state index in [0.29, 0.717) is 0 Å². The van der Waals surface area contributed by atoms with Crippen LogP contribution < -0.4 is 4.74 Å². The zero-order chi connectivity index (χ0) is 14.1. The lowest BCUT2D eigenvalue weighted by molar-refractivity contribution is 0.410. The van der Waals surface area contributed by atoms with E-state index in [1.165, 1.54) is 36.0 Å². The Morgan fingerprint density at radius 2 is 1.85 bits per heavy atom. The van der Waals surface area contributed by atoms with Crippen molar-refractivity contribution >= 4 is 31.9 Å². The van der Waals surface area contributed by atoms with E-state index in [-0.39, 0.29) is 4.83 Å². The number of fused-ring (bicyclic) bond motifs is 1. The van der Waals surface area contributed by atoms with Crippen LogP contribution >= 0.6 is 31.9 Å². The molecule has 20 heavy (non-hydrogen) atoms. The van der Waals surface area contributed by atoms with Crippen molar-refractivity contribution in [2.45, 2.75) is 24.1 Å². The van der Waals surface area contributed by atoms with Crippen LogP contribution in [0.2, 0.25) is 0 Å². The van der Waals surface area contributed by atoms with Gasteiger partial charge >= 0.3 is 0 Å². The lowest BCUT2D eigenvalue weighted by Gasteiger charge is -2.16. The fourth-order valence-corrected chi connectivity index (χ4v) is 3.83. The zero-order valence-electron chi connectivity index (χ0n) is 11.3. The van der Waals surface area contributed by atoms with Crippen LogP contribution in [0.4, 0.5) is 0 Å². The van der Waals surface area contributed by atoms with Crippen LogP contribution in [0.1, 0.15) is 33.5 Å². The normalized spacial score (nSPS) is 14.9. The van der Waals surface area contributed by atoms with Crippen LogP contribution in [0, 0.1) is 0 Å². The summed E-state index contributed by atoms with van der Waals surface area (Å²) >= 11 is 7.31. The molecule has 1 atom stereocenters. The van der Waals surface area contributed by atoms with Gasteiger partial charge in [-0.25, -0.2) is 0 Å². The molecule has 0 fully saturated rings. The molecular formula is C17H16Br2O. The predicted octanol–water partition coefficient (Wildman–Crippen LogP) is 5.43.